The molecule has 0 spiro atoms. The van der Waals surface area contributed by atoms with Gasteiger partial charge in [0.15, 0.2) is 0 Å². The van der Waals surface area contributed by atoms with Crippen LogP contribution in [0.3, 0.4) is 0 Å². The minimum Gasteiger partial charge on any atom is -0.366 e. The second kappa shape index (κ2) is 5.05. The van der Waals surface area contributed by atoms with E-state index in [1.807, 2.05) is 12.1 Å². The quantitative estimate of drug-likeness (QED) is 0.855. The standard InChI is InChI=1S/C14H21FN2/c1-10-3-4-11(2)17(9-10)14-6-5-12(8-16)7-13(14)15/h5-7,10-11H,3-4,8-9,16H2,1-2H3. The van der Waals surface area contributed by atoms with Gasteiger partial charge in [-0.05, 0) is 43.4 Å². The van der Waals surface area contributed by atoms with Crippen LogP contribution in [0.15, 0.2) is 18.2 Å². The highest BCUT2D eigenvalue weighted by Gasteiger charge is 2.24. The first kappa shape index (κ1) is 12.4. The molecular formula is C14H21FN2. The summed E-state index contributed by atoms with van der Waals surface area (Å²) in [6.45, 7) is 5.73. The molecule has 1 saturated heterocycles. The zero-order valence-electron chi connectivity index (χ0n) is 10.6. The van der Waals surface area contributed by atoms with Crippen molar-refractivity contribution in [2.75, 3.05) is 11.4 Å². The van der Waals surface area contributed by atoms with Crippen molar-refractivity contribution in [2.45, 2.75) is 39.3 Å². The lowest BCUT2D eigenvalue weighted by atomic mass is 9.94. The molecule has 0 aromatic heterocycles. The number of nitrogens with two attached hydrogens (primary N) is 1. The van der Waals surface area contributed by atoms with Crippen molar-refractivity contribution in [3.63, 3.8) is 0 Å². The monoisotopic (exact) mass is 236 g/mol. The Balaban J connectivity index is 2.26. The Morgan fingerprint density at radius 2 is 2.12 bits per heavy atom. The average molecular weight is 236 g/mol. The molecule has 2 nitrogen and oxygen atoms in total. The first-order valence-electron chi connectivity index (χ1n) is 6.37. The van der Waals surface area contributed by atoms with E-state index in [1.54, 1.807) is 6.07 Å². The van der Waals surface area contributed by atoms with Gasteiger partial charge in [0.05, 0.1) is 5.69 Å². The van der Waals surface area contributed by atoms with E-state index >= 15 is 0 Å². The molecule has 0 bridgehead atoms. The summed E-state index contributed by atoms with van der Waals surface area (Å²) >= 11 is 0. The number of nitrogens with zero attached hydrogens (tertiary/aromatic N) is 1. The molecule has 1 aliphatic rings. The van der Waals surface area contributed by atoms with Gasteiger partial charge in [0.2, 0.25) is 0 Å². The predicted octanol–water partition coefficient (Wildman–Crippen LogP) is 2.91. The van der Waals surface area contributed by atoms with Gasteiger partial charge in [-0.25, -0.2) is 4.39 Å². The zero-order chi connectivity index (χ0) is 12.4. The Labute approximate surface area is 103 Å². The minimum absolute atomic E-state index is 0.145. The average Bonchev–Trinajstić information content (AvgIpc) is 2.32. The summed E-state index contributed by atoms with van der Waals surface area (Å²) in [6, 6.07) is 5.77. The Kier molecular flexibility index (Phi) is 3.67. The van der Waals surface area contributed by atoms with Gasteiger partial charge in [0, 0.05) is 19.1 Å². The van der Waals surface area contributed by atoms with Gasteiger partial charge >= 0.3 is 0 Å². The third-order valence-electron chi connectivity index (χ3n) is 3.67. The van der Waals surface area contributed by atoms with Crippen molar-refractivity contribution in [1.29, 1.82) is 0 Å². The fourth-order valence-electron chi connectivity index (χ4n) is 2.53. The van der Waals surface area contributed by atoms with E-state index in [4.69, 9.17) is 5.73 Å². The van der Waals surface area contributed by atoms with E-state index in [0.29, 0.717) is 18.5 Å². The summed E-state index contributed by atoms with van der Waals surface area (Å²) < 4.78 is 14.0. The summed E-state index contributed by atoms with van der Waals surface area (Å²) in [6.07, 6.45) is 2.37. The Hall–Kier alpha value is -1.09. The van der Waals surface area contributed by atoms with Gasteiger partial charge in [0.1, 0.15) is 5.82 Å². The Morgan fingerprint density at radius 1 is 1.35 bits per heavy atom. The van der Waals surface area contributed by atoms with Crippen molar-refractivity contribution in [1.82, 2.24) is 0 Å². The van der Waals surface area contributed by atoms with Crippen LogP contribution in [0.4, 0.5) is 10.1 Å². The van der Waals surface area contributed by atoms with Crippen LogP contribution in [-0.2, 0) is 6.54 Å². The molecule has 0 aliphatic carbocycles. The summed E-state index contributed by atoms with van der Waals surface area (Å²) in [5.41, 5.74) is 7.09. The number of piperidine rings is 1. The number of benzene rings is 1. The van der Waals surface area contributed by atoms with Crippen molar-refractivity contribution in [3.8, 4) is 0 Å². The maximum atomic E-state index is 14.0. The van der Waals surface area contributed by atoms with Crippen LogP contribution in [0.2, 0.25) is 0 Å². The van der Waals surface area contributed by atoms with E-state index in [-0.39, 0.29) is 5.82 Å². The second-order valence-corrected chi connectivity index (χ2v) is 5.17. The van der Waals surface area contributed by atoms with Gasteiger partial charge in [0.25, 0.3) is 0 Å². The number of hydrogen-bond acceptors (Lipinski definition) is 2. The third-order valence-corrected chi connectivity index (χ3v) is 3.67. The van der Waals surface area contributed by atoms with Crippen molar-refractivity contribution in [3.05, 3.63) is 29.6 Å². The minimum atomic E-state index is -0.145. The molecule has 2 atom stereocenters. The molecule has 0 saturated carbocycles. The lowest BCUT2D eigenvalue weighted by molar-refractivity contribution is 0.386. The van der Waals surface area contributed by atoms with Crippen LogP contribution in [0.25, 0.3) is 0 Å². The first-order chi connectivity index (χ1) is 8.11. The highest BCUT2D eigenvalue weighted by molar-refractivity contribution is 5.50. The van der Waals surface area contributed by atoms with Crippen LogP contribution < -0.4 is 10.6 Å². The fraction of sp³-hybridized carbons (Fsp3) is 0.571. The molecule has 1 fully saturated rings. The number of rotatable bonds is 2. The maximum absolute atomic E-state index is 14.0. The molecular weight excluding hydrogens is 215 g/mol. The molecule has 3 heteroatoms. The molecule has 1 aromatic rings. The molecule has 0 amide bonds. The SMILES string of the molecule is CC1CCC(C)N(c2ccc(CN)cc2F)C1. The lowest BCUT2D eigenvalue weighted by Gasteiger charge is -2.38. The topological polar surface area (TPSA) is 29.3 Å². The summed E-state index contributed by atoms with van der Waals surface area (Å²) in [5, 5.41) is 0. The van der Waals surface area contributed by atoms with E-state index in [2.05, 4.69) is 18.7 Å². The van der Waals surface area contributed by atoms with Crippen molar-refractivity contribution < 1.29 is 4.39 Å². The number of hydrogen-bond donors (Lipinski definition) is 1. The van der Waals surface area contributed by atoms with Gasteiger partial charge in [-0.2, -0.15) is 0 Å². The highest BCUT2D eigenvalue weighted by atomic mass is 19.1. The van der Waals surface area contributed by atoms with Crippen LogP contribution in [0.1, 0.15) is 32.3 Å². The largest absolute Gasteiger partial charge is 0.366 e. The van der Waals surface area contributed by atoms with Crippen molar-refractivity contribution in [2.24, 2.45) is 11.7 Å². The van der Waals surface area contributed by atoms with Gasteiger partial charge in [-0.1, -0.05) is 13.0 Å². The normalized spacial score (nSPS) is 25.1. The van der Waals surface area contributed by atoms with E-state index < -0.39 is 0 Å². The fourth-order valence-corrected chi connectivity index (χ4v) is 2.53. The van der Waals surface area contributed by atoms with E-state index in [0.717, 1.165) is 24.2 Å². The molecule has 1 aromatic carbocycles. The number of halogens is 1. The van der Waals surface area contributed by atoms with Crippen LogP contribution >= 0.6 is 0 Å². The summed E-state index contributed by atoms with van der Waals surface area (Å²) in [7, 11) is 0. The Morgan fingerprint density at radius 3 is 2.76 bits per heavy atom. The molecule has 0 radical (unpaired) electrons. The molecule has 1 heterocycles. The molecule has 17 heavy (non-hydrogen) atoms. The lowest BCUT2D eigenvalue weighted by Crippen LogP contribution is -2.41. The predicted molar refractivity (Wildman–Crippen MR) is 69.5 cm³/mol. The third kappa shape index (κ3) is 2.60. The maximum Gasteiger partial charge on any atom is 0.146 e. The summed E-state index contributed by atoms with van der Waals surface area (Å²) in [5.74, 6) is 0.494. The summed E-state index contributed by atoms with van der Waals surface area (Å²) in [4.78, 5) is 2.18. The smallest absolute Gasteiger partial charge is 0.146 e. The first-order valence-corrected chi connectivity index (χ1v) is 6.37. The highest BCUT2D eigenvalue weighted by Crippen LogP contribution is 2.29. The zero-order valence-corrected chi connectivity index (χ0v) is 10.6. The van der Waals surface area contributed by atoms with Gasteiger partial charge < -0.3 is 10.6 Å². The Bertz CT molecular complexity index is 392. The molecule has 2 unspecified atom stereocenters. The van der Waals surface area contributed by atoms with Gasteiger partial charge in [-0.15, -0.1) is 0 Å². The van der Waals surface area contributed by atoms with E-state index in [1.165, 1.54) is 6.42 Å². The molecule has 2 N–H and O–H groups in total. The van der Waals surface area contributed by atoms with Crippen LogP contribution in [0.5, 0.6) is 0 Å². The second-order valence-electron chi connectivity index (χ2n) is 5.17. The molecule has 2 rings (SSSR count). The van der Waals surface area contributed by atoms with Crippen LogP contribution in [-0.4, -0.2) is 12.6 Å². The van der Waals surface area contributed by atoms with Crippen LogP contribution in [0, 0.1) is 11.7 Å². The van der Waals surface area contributed by atoms with E-state index in [9.17, 15) is 4.39 Å². The molecule has 94 valence electrons. The molecule has 1 aliphatic heterocycles. The van der Waals surface area contributed by atoms with Gasteiger partial charge in [-0.3, -0.25) is 0 Å². The number of anilines is 1. The van der Waals surface area contributed by atoms with Crippen molar-refractivity contribution >= 4 is 5.69 Å².